The van der Waals surface area contributed by atoms with Gasteiger partial charge >= 0.3 is 0 Å². The summed E-state index contributed by atoms with van der Waals surface area (Å²) < 4.78 is 0. The highest BCUT2D eigenvalue weighted by Crippen LogP contribution is 2.03. The summed E-state index contributed by atoms with van der Waals surface area (Å²) in [5.41, 5.74) is 0. The van der Waals surface area contributed by atoms with Crippen molar-refractivity contribution in [1.29, 1.82) is 0 Å². The average Bonchev–Trinajstić information content (AvgIpc) is 1.85. The molecule has 0 radical (unpaired) electrons. The van der Waals surface area contributed by atoms with Gasteiger partial charge in [0.25, 0.3) is 0 Å². The summed E-state index contributed by atoms with van der Waals surface area (Å²) >= 11 is 0. The molecule has 2 atom stereocenters. The van der Waals surface area contributed by atoms with Gasteiger partial charge in [0.1, 0.15) is 0 Å². The monoisotopic (exact) mass is 156 g/mol. The largest absolute Gasteiger partial charge is 0.309 e. The molecule has 2 heteroatoms. The van der Waals surface area contributed by atoms with Crippen molar-refractivity contribution in [3.63, 3.8) is 0 Å². The van der Waals surface area contributed by atoms with Crippen LogP contribution in [0, 0.1) is 0 Å². The van der Waals surface area contributed by atoms with Gasteiger partial charge in [0.05, 0.1) is 0 Å². The summed E-state index contributed by atoms with van der Waals surface area (Å²) in [6, 6.07) is 1.34. The lowest BCUT2D eigenvalue weighted by Gasteiger charge is -2.35. The fourth-order valence-electron chi connectivity index (χ4n) is 1.94. The van der Waals surface area contributed by atoms with E-state index in [-0.39, 0.29) is 0 Å². The topological polar surface area (TPSA) is 15.3 Å². The Kier molecular flexibility index (Phi) is 3.34. The molecule has 0 spiro atoms. The van der Waals surface area contributed by atoms with Gasteiger partial charge in [-0.25, -0.2) is 0 Å². The van der Waals surface area contributed by atoms with E-state index in [0.29, 0.717) is 12.1 Å². The van der Waals surface area contributed by atoms with E-state index in [0.717, 1.165) is 0 Å². The molecule has 1 saturated heterocycles. The van der Waals surface area contributed by atoms with Gasteiger partial charge in [-0.05, 0) is 26.8 Å². The zero-order valence-electron chi connectivity index (χ0n) is 7.93. The molecular weight excluding hydrogens is 136 g/mol. The van der Waals surface area contributed by atoms with Crippen LogP contribution in [0.25, 0.3) is 0 Å². The Morgan fingerprint density at radius 2 is 1.82 bits per heavy atom. The van der Waals surface area contributed by atoms with Crippen LogP contribution in [-0.2, 0) is 0 Å². The number of nitrogens with one attached hydrogen (secondary N) is 1. The SMILES string of the molecule is CCCN1C[C@@H](C)N[C@@H](C)C1. The third-order valence-corrected chi connectivity index (χ3v) is 2.17. The summed E-state index contributed by atoms with van der Waals surface area (Å²) in [6.45, 7) is 10.5. The zero-order valence-corrected chi connectivity index (χ0v) is 7.93. The van der Waals surface area contributed by atoms with Crippen LogP contribution in [0.2, 0.25) is 0 Å². The van der Waals surface area contributed by atoms with Crippen LogP contribution in [0.3, 0.4) is 0 Å². The standard InChI is InChI=1S/C9H20N2/c1-4-5-11-6-8(2)10-9(3)7-11/h8-10H,4-7H2,1-3H3/t8-,9+. The first-order valence-electron chi connectivity index (χ1n) is 4.70. The molecule has 1 aliphatic rings. The second kappa shape index (κ2) is 4.07. The molecule has 1 rings (SSSR count). The van der Waals surface area contributed by atoms with Crippen LogP contribution in [0.4, 0.5) is 0 Å². The summed E-state index contributed by atoms with van der Waals surface area (Å²) in [4.78, 5) is 2.55. The second-order valence-electron chi connectivity index (χ2n) is 3.73. The maximum atomic E-state index is 3.53. The van der Waals surface area contributed by atoms with E-state index in [2.05, 4.69) is 31.0 Å². The Bertz CT molecular complexity index is 104. The molecule has 1 N–H and O–H groups in total. The van der Waals surface area contributed by atoms with Crippen LogP contribution in [0.15, 0.2) is 0 Å². The number of hydrogen-bond donors (Lipinski definition) is 1. The molecule has 0 aromatic rings. The zero-order chi connectivity index (χ0) is 8.27. The molecule has 0 aromatic carbocycles. The lowest BCUT2D eigenvalue weighted by molar-refractivity contribution is 0.174. The van der Waals surface area contributed by atoms with E-state index in [1.807, 2.05) is 0 Å². The van der Waals surface area contributed by atoms with Crippen molar-refractivity contribution < 1.29 is 0 Å². The smallest absolute Gasteiger partial charge is 0.0169 e. The normalized spacial score (nSPS) is 34.1. The number of nitrogens with zero attached hydrogens (tertiary/aromatic N) is 1. The van der Waals surface area contributed by atoms with Crippen molar-refractivity contribution >= 4 is 0 Å². The lowest BCUT2D eigenvalue weighted by atomic mass is 10.1. The van der Waals surface area contributed by atoms with Crippen molar-refractivity contribution in [1.82, 2.24) is 10.2 Å². The van der Waals surface area contributed by atoms with Crippen LogP contribution in [0.5, 0.6) is 0 Å². The molecule has 0 amide bonds. The van der Waals surface area contributed by atoms with E-state index in [1.165, 1.54) is 26.1 Å². The Hall–Kier alpha value is -0.0800. The fraction of sp³-hybridized carbons (Fsp3) is 1.00. The van der Waals surface area contributed by atoms with E-state index in [1.54, 1.807) is 0 Å². The first-order chi connectivity index (χ1) is 5.22. The van der Waals surface area contributed by atoms with E-state index in [4.69, 9.17) is 0 Å². The van der Waals surface area contributed by atoms with Crippen LogP contribution < -0.4 is 5.32 Å². The summed E-state index contributed by atoms with van der Waals surface area (Å²) in [5.74, 6) is 0. The van der Waals surface area contributed by atoms with Gasteiger partial charge in [0, 0.05) is 25.2 Å². The lowest BCUT2D eigenvalue weighted by Crippen LogP contribution is -2.54. The van der Waals surface area contributed by atoms with E-state index in [9.17, 15) is 0 Å². The third-order valence-electron chi connectivity index (χ3n) is 2.17. The van der Waals surface area contributed by atoms with E-state index < -0.39 is 0 Å². The van der Waals surface area contributed by atoms with Crippen LogP contribution >= 0.6 is 0 Å². The molecule has 1 aliphatic heterocycles. The summed E-state index contributed by atoms with van der Waals surface area (Å²) in [7, 11) is 0. The molecule has 66 valence electrons. The number of hydrogen-bond acceptors (Lipinski definition) is 2. The Balaban J connectivity index is 2.30. The average molecular weight is 156 g/mol. The van der Waals surface area contributed by atoms with Gasteiger partial charge in [-0.1, -0.05) is 6.92 Å². The van der Waals surface area contributed by atoms with Crippen molar-refractivity contribution in [2.75, 3.05) is 19.6 Å². The third kappa shape index (κ3) is 2.80. The summed E-state index contributed by atoms with van der Waals surface area (Å²) in [6.07, 6.45) is 1.28. The maximum Gasteiger partial charge on any atom is 0.0169 e. The van der Waals surface area contributed by atoms with Gasteiger partial charge in [-0.15, -0.1) is 0 Å². The van der Waals surface area contributed by atoms with Gasteiger partial charge in [0.2, 0.25) is 0 Å². The molecule has 0 aromatic heterocycles. The van der Waals surface area contributed by atoms with Crippen molar-refractivity contribution in [3.05, 3.63) is 0 Å². The van der Waals surface area contributed by atoms with Crippen molar-refractivity contribution in [3.8, 4) is 0 Å². The molecule has 0 bridgehead atoms. The van der Waals surface area contributed by atoms with E-state index >= 15 is 0 Å². The van der Waals surface area contributed by atoms with Gasteiger partial charge in [-0.3, -0.25) is 0 Å². The van der Waals surface area contributed by atoms with Crippen LogP contribution in [0.1, 0.15) is 27.2 Å². The Morgan fingerprint density at radius 3 is 2.27 bits per heavy atom. The van der Waals surface area contributed by atoms with Gasteiger partial charge < -0.3 is 10.2 Å². The molecule has 1 fully saturated rings. The predicted octanol–water partition coefficient (Wildman–Crippen LogP) is 1.08. The highest BCUT2D eigenvalue weighted by molar-refractivity contribution is 4.80. The fourth-order valence-corrected chi connectivity index (χ4v) is 1.94. The maximum absolute atomic E-state index is 3.53. The van der Waals surface area contributed by atoms with Crippen molar-refractivity contribution in [2.24, 2.45) is 0 Å². The molecule has 11 heavy (non-hydrogen) atoms. The molecule has 1 heterocycles. The highest BCUT2D eigenvalue weighted by Gasteiger charge is 2.19. The van der Waals surface area contributed by atoms with Gasteiger partial charge in [0.15, 0.2) is 0 Å². The number of piperazine rings is 1. The number of rotatable bonds is 2. The van der Waals surface area contributed by atoms with Crippen LogP contribution in [-0.4, -0.2) is 36.6 Å². The Labute approximate surface area is 70.0 Å². The molecule has 2 nitrogen and oxygen atoms in total. The first-order valence-corrected chi connectivity index (χ1v) is 4.70. The molecular formula is C9H20N2. The quantitative estimate of drug-likeness (QED) is 0.643. The van der Waals surface area contributed by atoms with Gasteiger partial charge in [-0.2, -0.15) is 0 Å². The van der Waals surface area contributed by atoms with Crippen molar-refractivity contribution in [2.45, 2.75) is 39.3 Å². The second-order valence-corrected chi connectivity index (χ2v) is 3.73. The first kappa shape index (κ1) is 9.01. The highest BCUT2D eigenvalue weighted by atomic mass is 15.2. The molecule has 0 aliphatic carbocycles. The minimum atomic E-state index is 0.672. The predicted molar refractivity (Wildman–Crippen MR) is 48.8 cm³/mol. The minimum Gasteiger partial charge on any atom is -0.309 e. The minimum absolute atomic E-state index is 0.672. The Morgan fingerprint density at radius 1 is 1.27 bits per heavy atom. The summed E-state index contributed by atoms with van der Waals surface area (Å²) in [5, 5.41) is 3.53. The molecule has 0 unspecified atom stereocenters. The molecule has 0 saturated carbocycles.